The standard InChI is InChI=1S/C22H27N3O3/c23-14-15-4-6-16(7-5-15)21(18-3-1-2-10-24-18)25-22(26)17-8-9-19-20(13-17)28-12-11-27-19/h1-3,8-10,13,15-16,21H,4-7,11-12,14,23H2,(H,25,26). The predicted molar refractivity (Wildman–Crippen MR) is 106 cm³/mol. The lowest BCUT2D eigenvalue weighted by Crippen LogP contribution is -2.36. The molecule has 1 aliphatic carbocycles. The van der Waals surface area contributed by atoms with E-state index in [0.717, 1.165) is 37.9 Å². The molecule has 1 aromatic heterocycles. The first-order valence-corrected chi connectivity index (χ1v) is 10.1. The molecule has 1 amide bonds. The van der Waals surface area contributed by atoms with Gasteiger partial charge in [-0.3, -0.25) is 9.78 Å². The number of amides is 1. The third kappa shape index (κ3) is 4.12. The van der Waals surface area contributed by atoms with Gasteiger partial charge in [0.15, 0.2) is 11.5 Å². The highest BCUT2D eigenvalue weighted by Crippen LogP contribution is 2.37. The number of carbonyl (C=O) groups excluding carboxylic acids is 1. The lowest BCUT2D eigenvalue weighted by Gasteiger charge is -2.33. The van der Waals surface area contributed by atoms with Crippen molar-refractivity contribution in [2.24, 2.45) is 17.6 Å². The van der Waals surface area contributed by atoms with Crippen molar-refractivity contribution in [2.45, 2.75) is 31.7 Å². The Labute approximate surface area is 165 Å². The normalized spacial score (nSPS) is 22.3. The van der Waals surface area contributed by atoms with Crippen LogP contribution in [0.1, 0.15) is 47.8 Å². The monoisotopic (exact) mass is 381 g/mol. The number of nitrogens with two attached hydrogens (primary N) is 1. The van der Waals surface area contributed by atoms with E-state index in [1.807, 2.05) is 18.2 Å². The van der Waals surface area contributed by atoms with Crippen molar-refractivity contribution >= 4 is 5.91 Å². The molecule has 2 aliphatic rings. The van der Waals surface area contributed by atoms with Crippen LogP contribution >= 0.6 is 0 Å². The highest BCUT2D eigenvalue weighted by Gasteiger charge is 2.30. The molecule has 0 radical (unpaired) electrons. The van der Waals surface area contributed by atoms with Gasteiger partial charge in [0, 0.05) is 11.8 Å². The minimum atomic E-state index is -0.117. The molecule has 4 rings (SSSR count). The van der Waals surface area contributed by atoms with Gasteiger partial charge in [-0.25, -0.2) is 0 Å². The molecule has 1 atom stereocenters. The maximum Gasteiger partial charge on any atom is 0.251 e. The Morgan fingerprint density at radius 2 is 1.89 bits per heavy atom. The van der Waals surface area contributed by atoms with Crippen LogP contribution in [0.25, 0.3) is 0 Å². The zero-order valence-electron chi connectivity index (χ0n) is 16.0. The van der Waals surface area contributed by atoms with Crippen LogP contribution in [0.15, 0.2) is 42.6 Å². The van der Waals surface area contributed by atoms with Crippen molar-refractivity contribution in [1.82, 2.24) is 10.3 Å². The van der Waals surface area contributed by atoms with Crippen LogP contribution in [-0.2, 0) is 0 Å². The summed E-state index contributed by atoms with van der Waals surface area (Å²) < 4.78 is 11.2. The van der Waals surface area contributed by atoms with Crippen molar-refractivity contribution in [3.63, 3.8) is 0 Å². The number of fused-ring (bicyclic) bond motifs is 1. The molecule has 0 bridgehead atoms. The van der Waals surface area contributed by atoms with Crippen LogP contribution in [0.2, 0.25) is 0 Å². The van der Waals surface area contributed by atoms with Crippen LogP contribution in [0.4, 0.5) is 0 Å². The van der Waals surface area contributed by atoms with Crippen LogP contribution < -0.4 is 20.5 Å². The molecular weight excluding hydrogens is 354 g/mol. The van der Waals surface area contributed by atoms with Gasteiger partial charge in [0.1, 0.15) is 13.2 Å². The fourth-order valence-corrected chi connectivity index (χ4v) is 4.16. The van der Waals surface area contributed by atoms with Crippen molar-refractivity contribution in [1.29, 1.82) is 0 Å². The fourth-order valence-electron chi connectivity index (χ4n) is 4.16. The zero-order chi connectivity index (χ0) is 19.3. The SMILES string of the molecule is NCC1CCC(C(NC(=O)c2ccc3c(c2)OCCO3)c2ccccn2)CC1. The molecule has 3 N–H and O–H groups in total. The first kappa shape index (κ1) is 18.7. The van der Waals surface area contributed by atoms with E-state index in [2.05, 4.69) is 10.3 Å². The second-order valence-electron chi connectivity index (χ2n) is 7.58. The Morgan fingerprint density at radius 3 is 2.61 bits per heavy atom. The average Bonchev–Trinajstić information content (AvgIpc) is 2.77. The number of pyridine rings is 1. The fraction of sp³-hybridized carbons (Fsp3) is 0.455. The topological polar surface area (TPSA) is 86.5 Å². The lowest BCUT2D eigenvalue weighted by molar-refractivity contribution is 0.0904. The van der Waals surface area contributed by atoms with E-state index >= 15 is 0 Å². The lowest BCUT2D eigenvalue weighted by atomic mass is 9.77. The van der Waals surface area contributed by atoms with Gasteiger partial charge >= 0.3 is 0 Å². The Kier molecular flexibility index (Phi) is 5.76. The van der Waals surface area contributed by atoms with Crippen LogP contribution in [-0.4, -0.2) is 30.6 Å². The highest BCUT2D eigenvalue weighted by molar-refractivity contribution is 5.95. The molecule has 2 aromatic rings. The van der Waals surface area contributed by atoms with Gasteiger partial charge in [-0.2, -0.15) is 0 Å². The molecule has 0 saturated heterocycles. The molecule has 148 valence electrons. The van der Waals surface area contributed by atoms with E-state index in [4.69, 9.17) is 15.2 Å². The number of nitrogens with one attached hydrogen (secondary N) is 1. The third-order valence-electron chi connectivity index (χ3n) is 5.79. The van der Waals surface area contributed by atoms with Gasteiger partial charge in [0.25, 0.3) is 5.91 Å². The minimum absolute atomic E-state index is 0.111. The molecule has 1 aliphatic heterocycles. The number of benzene rings is 1. The first-order chi connectivity index (χ1) is 13.7. The number of hydrogen-bond acceptors (Lipinski definition) is 5. The van der Waals surface area contributed by atoms with Crippen LogP contribution in [0, 0.1) is 11.8 Å². The summed E-state index contributed by atoms with van der Waals surface area (Å²) in [6.45, 7) is 1.77. The highest BCUT2D eigenvalue weighted by atomic mass is 16.6. The van der Waals surface area contributed by atoms with Gasteiger partial charge in [0.2, 0.25) is 0 Å². The van der Waals surface area contributed by atoms with Crippen molar-refractivity contribution in [3.05, 3.63) is 53.9 Å². The van der Waals surface area contributed by atoms with Crippen molar-refractivity contribution < 1.29 is 14.3 Å². The number of nitrogens with zero attached hydrogens (tertiary/aromatic N) is 1. The third-order valence-corrected chi connectivity index (χ3v) is 5.79. The Morgan fingerprint density at radius 1 is 1.11 bits per heavy atom. The zero-order valence-corrected chi connectivity index (χ0v) is 16.0. The summed E-state index contributed by atoms with van der Waals surface area (Å²) in [5.41, 5.74) is 7.32. The molecule has 6 heteroatoms. The molecule has 28 heavy (non-hydrogen) atoms. The predicted octanol–water partition coefficient (Wildman–Crippen LogP) is 3.09. The van der Waals surface area contributed by atoms with E-state index in [-0.39, 0.29) is 11.9 Å². The smallest absolute Gasteiger partial charge is 0.251 e. The molecular formula is C22H27N3O3. The quantitative estimate of drug-likeness (QED) is 0.831. The van der Waals surface area contributed by atoms with Crippen LogP contribution in [0.5, 0.6) is 11.5 Å². The second-order valence-corrected chi connectivity index (χ2v) is 7.58. The van der Waals surface area contributed by atoms with Crippen molar-refractivity contribution in [2.75, 3.05) is 19.8 Å². The summed E-state index contributed by atoms with van der Waals surface area (Å²) >= 11 is 0. The number of rotatable bonds is 5. The Balaban J connectivity index is 1.53. The summed E-state index contributed by atoms with van der Waals surface area (Å²) in [6, 6.07) is 11.1. The maximum atomic E-state index is 13.0. The van der Waals surface area contributed by atoms with E-state index in [9.17, 15) is 4.79 Å². The maximum absolute atomic E-state index is 13.0. The molecule has 1 saturated carbocycles. The van der Waals surface area contributed by atoms with E-state index in [1.54, 1.807) is 24.4 Å². The second kappa shape index (κ2) is 8.61. The molecule has 0 spiro atoms. The summed E-state index contributed by atoms with van der Waals surface area (Å²) in [6.07, 6.45) is 6.08. The minimum Gasteiger partial charge on any atom is -0.486 e. The number of carbonyl (C=O) groups is 1. The van der Waals surface area contributed by atoms with E-state index in [1.165, 1.54) is 0 Å². The first-order valence-electron chi connectivity index (χ1n) is 10.1. The van der Waals surface area contributed by atoms with Crippen LogP contribution in [0.3, 0.4) is 0 Å². The summed E-state index contributed by atoms with van der Waals surface area (Å²) in [5, 5.41) is 3.23. The molecule has 6 nitrogen and oxygen atoms in total. The number of hydrogen-bond donors (Lipinski definition) is 2. The largest absolute Gasteiger partial charge is 0.486 e. The summed E-state index contributed by atoms with van der Waals surface area (Å²) in [5.74, 6) is 2.14. The van der Waals surface area contributed by atoms with Gasteiger partial charge < -0.3 is 20.5 Å². The van der Waals surface area contributed by atoms with E-state index in [0.29, 0.717) is 42.1 Å². The number of ether oxygens (including phenoxy) is 2. The Hall–Kier alpha value is -2.60. The summed E-state index contributed by atoms with van der Waals surface area (Å²) in [7, 11) is 0. The van der Waals surface area contributed by atoms with Gasteiger partial charge in [-0.1, -0.05) is 6.07 Å². The average molecular weight is 381 g/mol. The van der Waals surface area contributed by atoms with Gasteiger partial charge in [-0.05, 0) is 74.4 Å². The van der Waals surface area contributed by atoms with Gasteiger partial charge in [-0.15, -0.1) is 0 Å². The van der Waals surface area contributed by atoms with Gasteiger partial charge in [0.05, 0.1) is 11.7 Å². The summed E-state index contributed by atoms with van der Waals surface area (Å²) in [4.78, 5) is 17.5. The molecule has 1 fully saturated rings. The van der Waals surface area contributed by atoms with E-state index < -0.39 is 0 Å². The molecule has 1 aromatic carbocycles. The van der Waals surface area contributed by atoms with Crippen molar-refractivity contribution in [3.8, 4) is 11.5 Å². The Bertz CT molecular complexity index is 804. The molecule has 1 unspecified atom stereocenters. The molecule has 2 heterocycles. The number of aromatic nitrogens is 1.